The molecule has 186 valence electrons. The number of nitrogens with two attached hydrogens (primary N) is 1. The van der Waals surface area contributed by atoms with Gasteiger partial charge in [0.2, 0.25) is 5.91 Å². The van der Waals surface area contributed by atoms with Gasteiger partial charge in [-0.25, -0.2) is 9.98 Å². The molecule has 1 atom stereocenters. The first kappa shape index (κ1) is 25.8. The minimum absolute atomic E-state index is 0.370. The molecule has 1 aromatic heterocycles. The first-order valence-corrected chi connectivity index (χ1v) is 12.1. The molecule has 6 nitrogen and oxygen atoms in total. The lowest BCUT2D eigenvalue weighted by Crippen LogP contribution is -2.27. The van der Waals surface area contributed by atoms with Crippen molar-refractivity contribution in [3.63, 3.8) is 0 Å². The fraction of sp³-hybridized carbons (Fsp3) is 0.133. The number of halogens is 1. The van der Waals surface area contributed by atoms with Crippen molar-refractivity contribution in [2.24, 2.45) is 21.6 Å². The summed E-state index contributed by atoms with van der Waals surface area (Å²) < 4.78 is 5.40. The summed E-state index contributed by atoms with van der Waals surface area (Å²) in [7, 11) is 1.64. The van der Waals surface area contributed by atoms with Gasteiger partial charge in [-0.05, 0) is 84.3 Å². The van der Waals surface area contributed by atoms with E-state index < -0.39 is 11.8 Å². The van der Waals surface area contributed by atoms with Crippen LogP contribution in [0.1, 0.15) is 16.7 Å². The Hall–Kier alpha value is -4.29. The van der Waals surface area contributed by atoms with Gasteiger partial charge in [0.25, 0.3) is 0 Å². The summed E-state index contributed by atoms with van der Waals surface area (Å²) in [5, 5.41) is 0.604. The molecule has 1 heterocycles. The quantitative estimate of drug-likeness (QED) is 0.218. The molecule has 2 N–H and O–H groups in total. The van der Waals surface area contributed by atoms with Crippen LogP contribution in [0.25, 0.3) is 11.1 Å². The van der Waals surface area contributed by atoms with Crippen molar-refractivity contribution < 1.29 is 9.53 Å². The molecule has 0 aliphatic rings. The van der Waals surface area contributed by atoms with Crippen LogP contribution in [0, 0.1) is 5.92 Å². The van der Waals surface area contributed by atoms with E-state index >= 15 is 0 Å². The van der Waals surface area contributed by atoms with E-state index in [1.807, 2.05) is 78.9 Å². The zero-order valence-corrected chi connectivity index (χ0v) is 21.2. The number of aliphatic imine (C=N–C) groups is 2. The number of aromatic nitrogens is 1. The molecule has 0 aliphatic carbocycles. The maximum Gasteiger partial charge on any atom is 0.221 e. The van der Waals surface area contributed by atoms with Crippen LogP contribution in [0.3, 0.4) is 0 Å². The van der Waals surface area contributed by atoms with Gasteiger partial charge < -0.3 is 10.5 Å². The van der Waals surface area contributed by atoms with Crippen LogP contribution >= 0.6 is 11.6 Å². The van der Waals surface area contributed by atoms with Gasteiger partial charge in [0, 0.05) is 28.9 Å². The second-order valence-corrected chi connectivity index (χ2v) is 8.92. The fourth-order valence-corrected chi connectivity index (χ4v) is 4.32. The normalized spacial score (nSPS) is 12.1. The van der Waals surface area contributed by atoms with E-state index in [0.717, 1.165) is 33.6 Å². The lowest BCUT2D eigenvalue weighted by Gasteiger charge is -2.17. The standard InChI is InChI=1S/C30H27ClN4O2/c1-33-30(23-9-6-14-34-19-23)35-28-13-12-21(20-8-5-10-26(18-20)37-2)15-24(28)17-25(29(32)36)16-22-7-3-4-11-27(22)31/h3-15,18-19,25H,1,16-17H2,2H3,(H2,32,36). The number of carbonyl (C=O) groups excluding carboxylic acids is 1. The lowest BCUT2D eigenvalue weighted by molar-refractivity contribution is -0.121. The smallest absolute Gasteiger partial charge is 0.221 e. The van der Waals surface area contributed by atoms with Gasteiger partial charge in [-0.1, -0.05) is 48.0 Å². The predicted molar refractivity (Wildman–Crippen MR) is 150 cm³/mol. The highest BCUT2D eigenvalue weighted by Gasteiger charge is 2.21. The largest absolute Gasteiger partial charge is 0.497 e. The van der Waals surface area contributed by atoms with Crippen LogP contribution < -0.4 is 10.5 Å². The minimum atomic E-state index is -0.493. The Morgan fingerprint density at radius 3 is 2.49 bits per heavy atom. The topological polar surface area (TPSA) is 89.9 Å². The Bertz CT molecular complexity index is 1440. The van der Waals surface area contributed by atoms with Gasteiger partial charge in [-0.2, -0.15) is 0 Å². The Kier molecular flexibility index (Phi) is 8.44. The van der Waals surface area contributed by atoms with Crippen LogP contribution in [-0.2, 0) is 17.6 Å². The summed E-state index contributed by atoms with van der Waals surface area (Å²) in [6.07, 6.45) is 4.15. The molecule has 7 heteroatoms. The minimum Gasteiger partial charge on any atom is -0.497 e. The van der Waals surface area contributed by atoms with Gasteiger partial charge in [-0.15, -0.1) is 0 Å². The van der Waals surface area contributed by atoms with Crippen molar-refractivity contribution in [3.05, 3.63) is 113 Å². The molecule has 1 amide bonds. The van der Waals surface area contributed by atoms with E-state index in [9.17, 15) is 4.79 Å². The van der Waals surface area contributed by atoms with E-state index in [4.69, 9.17) is 27.1 Å². The zero-order chi connectivity index (χ0) is 26.2. The summed E-state index contributed by atoms with van der Waals surface area (Å²) in [5.74, 6) is 0.290. The van der Waals surface area contributed by atoms with Crippen molar-refractivity contribution >= 4 is 35.7 Å². The van der Waals surface area contributed by atoms with Gasteiger partial charge in [0.1, 0.15) is 5.75 Å². The molecule has 3 aromatic carbocycles. The van der Waals surface area contributed by atoms with E-state index in [0.29, 0.717) is 29.4 Å². The number of methoxy groups -OCH3 is 1. The molecule has 1 unspecified atom stereocenters. The number of amidine groups is 1. The van der Waals surface area contributed by atoms with Crippen molar-refractivity contribution in [2.75, 3.05) is 7.11 Å². The molecular weight excluding hydrogens is 484 g/mol. The molecule has 0 fully saturated rings. The Balaban J connectivity index is 1.79. The van der Waals surface area contributed by atoms with Gasteiger partial charge in [0.15, 0.2) is 5.84 Å². The first-order valence-electron chi connectivity index (χ1n) is 11.7. The van der Waals surface area contributed by atoms with Crippen molar-refractivity contribution in [1.82, 2.24) is 4.98 Å². The van der Waals surface area contributed by atoms with E-state index in [1.165, 1.54) is 0 Å². The fourth-order valence-electron chi connectivity index (χ4n) is 4.11. The Morgan fingerprint density at radius 2 is 1.78 bits per heavy atom. The number of rotatable bonds is 9. The molecule has 0 saturated heterocycles. The number of nitrogens with zero attached hydrogens (tertiary/aromatic N) is 3. The van der Waals surface area contributed by atoms with Crippen LogP contribution in [0.2, 0.25) is 5.02 Å². The predicted octanol–water partition coefficient (Wildman–Crippen LogP) is 6.08. The zero-order valence-electron chi connectivity index (χ0n) is 20.5. The van der Waals surface area contributed by atoms with E-state index in [-0.39, 0.29) is 0 Å². The van der Waals surface area contributed by atoms with Crippen LogP contribution in [0.15, 0.2) is 101 Å². The van der Waals surface area contributed by atoms with Crippen LogP contribution in [0.5, 0.6) is 5.75 Å². The summed E-state index contributed by atoms with van der Waals surface area (Å²) in [6.45, 7) is 3.69. The van der Waals surface area contributed by atoms with E-state index in [2.05, 4.69) is 16.7 Å². The number of carbonyl (C=O) groups is 1. The average Bonchev–Trinajstić information content (AvgIpc) is 2.93. The lowest BCUT2D eigenvalue weighted by atomic mass is 9.89. The SMILES string of the molecule is C=NC(=Nc1ccc(-c2cccc(OC)c2)cc1CC(Cc1ccccc1Cl)C(N)=O)c1cccnc1. The number of hydrogen-bond donors (Lipinski definition) is 1. The maximum absolute atomic E-state index is 12.6. The molecule has 37 heavy (non-hydrogen) atoms. The first-order chi connectivity index (χ1) is 18.0. The second-order valence-electron chi connectivity index (χ2n) is 8.51. The Labute approximate surface area is 221 Å². The van der Waals surface area contributed by atoms with Crippen LogP contribution in [-0.4, -0.2) is 30.6 Å². The van der Waals surface area contributed by atoms with Crippen molar-refractivity contribution in [1.29, 1.82) is 0 Å². The van der Waals surface area contributed by atoms with Gasteiger partial charge in [0.05, 0.1) is 12.8 Å². The summed E-state index contributed by atoms with van der Waals surface area (Å²) in [4.78, 5) is 25.6. The highest BCUT2D eigenvalue weighted by molar-refractivity contribution is 6.31. The molecule has 0 spiro atoms. The van der Waals surface area contributed by atoms with Crippen molar-refractivity contribution in [2.45, 2.75) is 12.8 Å². The number of pyridine rings is 1. The maximum atomic E-state index is 12.6. The Morgan fingerprint density at radius 1 is 1.00 bits per heavy atom. The number of benzene rings is 3. The highest BCUT2D eigenvalue weighted by Crippen LogP contribution is 2.32. The van der Waals surface area contributed by atoms with Gasteiger partial charge in [-0.3, -0.25) is 9.78 Å². The second kappa shape index (κ2) is 12.1. The summed E-state index contributed by atoms with van der Waals surface area (Å²) in [5.41, 5.74) is 10.9. The highest BCUT2D eigenvalue weighted by atomic mass is 35.5. The molecular formula is C30H27ClN4O2. The number of amides is 1. The van der Waals surface area contributed by atoms with E-state index in [1.54, 1.807) is 19.5 Å². The summed E-state index contributed by atoms with van der Waals surface area (Å²) in [6, 6.07) is 24.9. The average molecular weight is 511 g/mol. The molecule has 0 bridgehead atoms. The number of primary amides is 1. The third kappa shape index (κ3) is 6.48. The monoisotopic (exact) mass is 510 g/mol. The van der Waals surface area contributed by atoms with Gasteiger partial charge >= 0.3 is 0 Å². The third-order valence-electron chi connectivity index (χ3n) is 6.07. The molecule has 4 rings (SSSR count). The van der Waals surface area contributed by atoms with Crippen molar-refractivity contribution in [3.8, 4) is 16.9 Å². The summed E-state index contributed by atoms with van der Waals surface area (Å²) >= 11 is 6.39. The third-order valence-corrected chi connectivity index (χ3v) is 6.44. The number of ether oxygens (including phenoxy) is 1. The molecule has 0 radical (unpaired) electrons. The molecule has 4 aromatic rings. The van der Waals surface area contributed by atoms with Crippen LogP contribution in [0.4, 0.5) is 5.69 Å². The molecule has 0 saturated carbocycles. The molecule has 0 aliphatic heterocycles. The number of hydrogen-bond acceptors (Lipinski definition) is 4.